The van der Waals surface area contributed by atoms with Crippen LogP contribution >= 0.6 is 0 Å². The first kappa shape index (κ1) is 18.6. The number of amides is 2. The van der Waals surface area contributed by atoms with Crippen molar-refractivity contribution in [3.05, 3.63) is 65.5 Å². The van der Waals surface area contributed by atoms with Gasteiger partial charge in [0.2, 0.25) is 5.91 Å². The maximum Gasteiger partial charge on any atom is 0.251 e. The zero-order valence-electron chi connectivity index (χ0n) is 15.5. The highest BCUT2D eigenvalue weighted by molar-refractivity contribution is 5.96. The molecule has 2 aliphatic rings. The summed E-state index contributed by atoms with van der Waals surface area (Å²) >= 11 is 0. The van der Waals surface area contributed by atoms with E-state index in [0.717, 1.165) is 19.3 Å². The van der Waals surface area contributed by atoms with Crippen molar-refractivity contribution in [2.45, 2.75) is 31.8 Å². The fourth-order valence-electron chi connectivity index (χ4n) is 4.57. The SMILES string of the molecule is NC1C2CCC(C2)C1C(=O)Nc1ccc(C(=O)NCc2ccccc2F)cc1. The summed E-state index contributed by atoms with van der Waals surface area (Å²) in [4.78, 5) is 24.9. The van der Waals surface area contributed by atoms with Crippen LogP contribution in [0.4, 0.5) is 10.1 Å². The van der Waals surface area contributed by atoms with E-state index < -0.39 is 0 Å². The first-order chi connectivity index (χ1) is 13.5. The largest absolute Gasteiger partial charge is 0.348 e. The van der Waals surface area contributed by atoms with Crippen LogP contribution in [0.2, 0.25) is 0 Å². The summed E-state index contributed by atoms with van der Waals surface area (Å²) in [5.74, 6) is 0.0691. The van der Waals surface area contributed by atoms with Gasteiger partial charge in [-0.15, -0.1) is 0 Å². The Morgan fingerprint density at radius 3 is 2.43 bits per heavy atom. The lowest BCUT2D eigenvalue weighted by atomic mass is 9.84. The molecule has 6 heteroatoms. The molecule has 2 amide bonds. The molecule has 146 valence electrons. The average molecular weight is 381 g/mol. The lowest BCUT2D eigenvalue weighted by Gasteiger charge is -2.27. The Bertz CT molecular complexity index is 882. The minimum Gasteiger partial charge on any atom is -0.348 e. The number of rotatable bonds is 5. The zero-order chi connectivity index (χ0) is 19.7. The molecule has 0 heterocycles. The quantitative estimate of drug-likeness (QED) is 0.744. The molecule has 0 aliphatic heterocycles. The van der Waals surface area contributed by atoms with Crippen molar-refractivity contribution in [2.24, 2.45) is 23.5 Å². The van der Waals surface area contributed by atoms with Gasteiger partial charge in [-0.2, -0.15) is 0 Å². The number of halogens is 1. The summed E-state index contributed by atoms with van der Waals surface area (Å²) in [6, 6.07) is 13.0. The maximum absolute atomic E-state index is 13.6. The van der Waals surface area contributed by atoms with E-state index >= 15 is 0 Å². The van der Waals surface area contributed by atoms with Crippen LogP contribution < -0.4 is 16.4 Å². The minimum atomic E-state index is -0.348. The second kappa shape index (κ2) is 7.72. The average Bonchev–Trinajstić information content (AvgIpc) is 3.29. The van der Waals surface area contributed by atoms with Gasteiger partial charge < -0.3 is 16.4 Å². The Hall–Kier alpha value is -2.73. The van der Waals surface area contributed by atoms with Crippen molar-refractivity contribution >= 4 is 17.5 Å². The molecule has 4 rings (SSSR count). The van der Waals surface area contributed by atoms with Crippen molar-refractivity contribution in [3.8, 4) is 0 Å². The van der Waals surface area contributed by atoms with Crippen LogP contribution in [0, 0.1) is 23.6 Å². The highest BCUT2D eigenvalue weighted by Crippen LogP contribution is 2.47. The third-order valence-electron chi connectivity index (χ3n) is 6.10. The van der Waals surface area contributed by atoms with Crippen LogP contribution in [0.5, 0.6) is 0 Å². The van der Waals surface area contributed by atoms with Gasteiger partial charge in [0.1, 0.15) is 5.82 Å². The number of nitrogens with two attached hydrogens (primary N) is 1. The van der Waals surface area contributed by atoms with Crippen molar-refractivity contribution in [1.29, 1.82) is 0 Å². The van der Waals surface area contributed by atoms with Gasteiger partial charge in [-0.3, -0.25) is 9.59 Å². The first-order valence-electron chi connectivity index (χ1n) is 9.71. The monoisotopic (exact) mass is 381 g/mol. The van der Waals surface area contributed by atoms with Crippen LogP contribution in [0.15, 0.2) is 48.5 Å². The number of carbonyl (C=O) groups excluding carboxylic acids is 2. The van der Waals surface area contributed by atoms with Gasteiger partial charge in [0, 0.05) is 29.4 Å². The lowest BCUT2D eigenvalue weighted by molar-refractivity contribution is -0.121. The van der Waals surface area contributed by atoms with E-state index in [1.165, 1.54) is 6.07 Å². The number of benzene rings is 2. The van der Waals surface area contributed by atoms with E-state index in [1.807, 2.05) is 0 Å². The lowest BCUT2D eigenvalue weighted by Crippen LogP contribution is -2.42. The van der Waals surface area contributed by atoms with Gasteiger partial charge in [0.15, 0.2) is 0 Å². The van der Waals surface area contributed by atoms with Crippen LogP contribution in [-0.2, 0) is 11.3 Å². The predicted molar refractivity (Wildman–Crippen MR) is 105 cm³/mol. The molecule has 0 radical (unpaired) electrons. The molecule has 0 saturated heterocycles. The van der Waals surface area contributed by atoms with Crippen molar-refractivity contribution < 1.29 is 14.0 Å². The van der Waals surface area contributed by atoms with E-state index in [2.05, 4.69) is 10.6 Å². The number of nitrogens with one attached hydrogen (secondary N) is 2. The topological polar surface area (TPSA) is 84.2 Å². The zero-order valence-corrected chi connectivity index (χ0v) is 15.5. The molecule has 4 unspecified atom stereocenters. The maximum atomic E-state index is 13.6. The summed E-state index contributed by atoms with van der Waals surface area (Å²) in [6.07, 6.45) is 3.27. The Morgan fingerprint density at radius 1 is 1.04 bits per heavy atom. The van der Waals surface area contributed by atoms with E-state index in [4.69, 9.17) is 5.73 Å². The fourth-order valence-corrected chi connectivity index (χ4v) is 4.57. The summed E-state index contributed by atoms with van der Waals surface area (Å²) in [7, 11) is 0. The summed E-state index contributed by atoms with van der Waals surface area (Å²) in [6.45, 7) is 0.117. The van der Waals surface area contributed by atoms with Crippen LogP contribution in [0.3, 0.4) is 0 Å². The van der Waals surface area contributed by atoms with Crippen molar-refractivity contribution in [2.75, 3.05) is 5.32 Å². The normalized spacial score (nSPS) is 25.5. The molecule has 4 atom stereocenters. The third kappa shape index (κ3) is 3.64. The molecule has 2 aromatic carbocycles. The molecular weight excluding hydrogens is 357 g/mol. The highest BCUT2D eigenvalue weighted by Gasteiger charge is 2.49. The number of hydrogen-bond acceptors (Lipinski definition) is 3. The van der Waals surface area contributed by atoms with E-state index in [0.29, 0.717) is 28.7 Å². The van der Waals surface area contributed by atoms with E-state index in [-0.39, 0.29) is 36.1 Å². The molecular formula is C22H24FN3O2. The first-order valence-corrected chi connectivity index (χ1v) is 9.71. The van der Waals surface area contributed by atoms with Gasteiger partial charge in [-0.25, -0.2) is 4.39 Å². The van der Waals surface area contributed by atoms with Gasteiger partial charge in [0.25, 0.3) is 5.91 Å². The van der Waals surface area contributed by atoms with E-state index in [1.54, 1.807) is 42.5 Å². The summed E-state index contributed by atoms with van der Waals surface area (Å²) in [5.41, 5.74) is 7.76. The molecule has 0 aromatic heterocycles. The molecule has 2 saturated carbocycles. The molecule has 2 aromatic rings. The van der Waals surface area contributed by atoms with Crippen molar-refractivity contribution in [1.82, 2.24) is 5.32 Å². The van der Waals surface area contributed by atoms with Crippen LogP contribution in [0.1, 0.15) is 35.2 Å². The molecule has 4 N–H and O–H groups in total. The predicted octanol–water partition coefficient (Wildman–Crippen LogP) is 3.07. The number of hydrogen-bond donors (Lipinski definition) is 3. The van der Waals surface area contributed by atoms with Gasteiger partial charge in [-0.05, 0) is 61.4 Å². The number of fused-ring (bicyclic) bond motifs is 2. The Balaban J connectivity index is 1.34. The molecule has 28 heavy (non-hydrogen) atoms. The Morgan fingerprint density at radius 2 is 1.75 bits per heavy atom. The smallest absolute Gasteiger partial charge is 0.251 e. The second-order valence-electron chi connectivity index (χ2n) is 7.78. The molecule has 5 nitrogen and oxygen atoms in total. The standard InChI is InChI=1S/C22H24FN3O2/c23-18-4-2-1-3-16(18)12-25-21(27)13-7-9-17(10-8-13)26-22(28)19-14-5-6-15(11-14)20(19)24/h1-4,7-10,14-15,19-20H,5-6,11-12,24H2,(H,25,27)(H,26,28). The second-order valence-corrected chi connectivity index (χ2v) is 7.78. The fraction of sp³-hybridized carbons (Fsp3) is 0.364. The summed E-state index contributed by atoms with van der Waals surface area (Å²) in [5, 5.41) is 5.63. The van der Waals surface area contributed by atoms with Gasteiger partial charge in [-0.1, -0.05) is 18.2 Å². The van der Waals surface area contributed by atoms with Crippen LogP contribution in [0.25, 0.3) is 0 Å². The molecule has 2 fully saturated rings. The minimum absolute atomic E-state index is 0.0311. The van der Waals surface area contributed by atoms with Gasteiger partial charge in [0.05, 0.1) is 5.92 Å². The molecule has 2 bridgehead atoms. The van der Waals surface area contributed by atoms with E-state index in [9.17, 15) is 14.0 Å². The van der Waals surface area contributed by atoms with Crippen LogP contribution in [-0.4, -0.2) is 17.9 Å². The number of anilines is 1. The molecule has 2 aliphatic carbocycles. The summed E-state index contributed by atoms with van der Waals surface area (Å²) < 4.78 is 13.6. The Labute approximate surface area is 163 Å². The van der Waals surface area contributed by atoms with Crippen molar-refractivity contribution in [3.63, 3.8) is 0 Å². The van der Waals surface area contributed by atoms with Gasteiger partial charge >= 0.3 is 0 Å². The third-order valence-corrected chi connectivity index (χ3v) is 6.10. The highest BCUT2D eigenvalue weighted by atomic mass is 19.1. The molecule has 0 spiro atoms. The Kier molecular flexibility index (Phi) is 5.13. The number of carbonyl (C=O) groups is 2.